The average molecular weight is 310 g/mol. The minimum absolute atomic E-state index is 0.982. The van der Waals surface area contributed by atoms with Gasteiger partial charge in [0.2, 0.25) is 0 Å². The number of hydrogen-bond donors (Lipinski definition) is 0. The highest BCUT2D eigenvalue weighted by atomic mass is 32.1. The Balaban J connectivity index is 1.62. The summed E-state index contributed by atoms with van der Waals surface area (Å²) >= 11 is 5.68. The van der Waals surface area contributed by atoms with E-state index in [-0.39, 0.29) is 0 Å². The van der Waals surface area contributed by atoms with Crippen molar-refractivity contribution >= 4 is 22.9 Å². The molecule has 2 nitrogen and oxygen atoms in total. The summed E-state index contributed by atoms with van der Waals surface area (Å²) in [4.78, 5) is 5.74. The molecule has 1 fully saturated rings. The minimum atomic E-state index is 0.982. The Morgan fingerprint density at radius 2 is 1.55 bits per heavy atom. The second kappa shape index (κ2) is 6.93. The molecule has 0 spiro atoms. The molecule has 0 bridgehead atoms. The van der Waals surface area contributed by atoms with Crippen LogP contribution in [0.1, 0.15) is 18.1 Å². The molecule has 114 valence electrons. The van der Waals surface area contributed by atoms with Crippen LogP contribution in [0.2, 0.25) is 0 Å². The van der Waals surface area contributed by atoms with Gasteiger partial charge in [-0.25, -0.2) is 0 Å². The first-order chi connectivity index (χ1) is 10.8. The number of piperazine rings is 1. The van der Waals surface area contributed by atoms with Crippen LogP contribution in [0.4, 0.5) is 5.69 Å². The van der Waals surface area contributed by atoms with Gasteiger partial charge in [0.15, 0.2) is 0 Å². The lowest BCUT2D eigenvalue weighted by atomic mass is 10.1. The zero-order valence-corrected chi connectivity index (χ0v) is 13.9. The van der Waals surface area contributed by atoms with Gasteiger partial charge in [0.25, 0.3) is 0 Å². The average Bonchev–Trinajstić information content (AvgIpc) is 2.62. The monoisotopic (exact) mass is 310 g/mol. The summed E-state index contributed by atoms with van der Waals surface area (Å²) in [5.74, 6) is 0. The van der Waals surface area contributed by atoms with Gasteiger partial charge in [-0.1, -0.05) is 61.6 Å². The van der Waals surface area contributed by atoms with Gasteiger partial charge in [0.1, 0.15) is 4.99 Å². The lowest BCUT2D eigenvalue weighted by molar-refractivity contribution is 0.392. The second-order valence-electron chi connectivity index (χ2n) is 5.67. The van der Waals surface area contributed by atoms with Gasteiger partial charge in [0.05, 0.1) is 0 Å². The first kappa shape index (κ1) is 15.0. The number of rotatable bonds is 3. The zero-order valence-electron chi connectivity index (χ0n) is 13.0. The van der Waals surface area contributed by atoms with Gasteiger partial charge >= 0.3 is 0 Å². The summed E-state index contributed by atoms with van der Waals surface area (Å²) in [5.41, 5.74) is 3.83. The molecule has 22 heavy (non-hydrogen) atoms. The van der Waals surface area contributed by atoms with Crippen LogP contribution in [0.3, 0.4) is 0 Å². The topological polar surface area (TPSA) is 6.48 Å². The van der Waals surface area contributed by atoms with Gasteiger partial charge in [0, 0.05) is 37.4 Å². The molecule has 0 N–H and O–H groups in total. The fourth-order valence-corrected chi connectivity index (χ4v) is 3.19. The summed E-state index contributed by atoms with van der Waals surface area (Å²) in [6.07, 6.45) is 1.07. The Labute approximate surface area is 138 Å². The fraction of sp³-hybridized carbons (Fsp3) is 0.316. The third-order valence-electron chi connectivity index (χ3n) is 4.30. The highest BCUT2D eigenvalue weighted by Gasteiger charge is 2.19. The molecule has 0 amide bonds. The van der Waals surface area contributed by atoms with E-state index in [1.807, 2.05) is 0 Å². The van der Waals surface area contributed by atoms with Gasteiger partial charge in [-0.05, 0) is 24.1 Å². The number of anilines is 1. The summed E-state index contributed by atoms with van der Waals surface area (Å²) in [6, 6.07) is 19.3. The Kier molecular flexibility index (Phi) is 4.74. The molecule has 0 aromatic heterocycles. The van der Waals surface area contributed by atoms with Crippen LogP contribution in [0.25, 0.3) is 0 Å². The van der Waals surface area contributed by atoms with E-state index in [0.29, 0.717) is 0 Å². The van der Waals surface area contributed by atoms with Crippen LogP contribution >= 0.6 is 12.2 Å². The van der Waals surface area contributed by atoms with E-state index >= 15 is 0 Å². The predicted molar refractivity (Wildman–Crippen MR) is 97.7 cm³/mol. The standard InChI is InChI=1S/C19H22N2S/c1-2-16-8-10-17(11-9-16)19(22)21-14-12-20(13-15-21)18-6-4-3-5-7-18/h3-11H,2,12-15H2,1H3. The summed E-state index contributed by atoms with van der Waals surface area (Å²) < 4.78 is 0. The maximum Gasteiger partial charge on any atom is 0.109 e. The van der Waals surface area contributed by atoms with Crippen LogP contribution in [0, 0.1) is 0 Å². The van der Waals surface area contributed by atoms with Gasteiger partial charge < -0.3 is 9.80 Å². The number of nitrogens with zero attached hydrogens (tertiary/aromatic N) is 2. The first-order valence-corrected chi connectivity index (χ1v) is 8.37. The number of para-hydroxylation sites is 1. The lowest BCUT2D eigenvalue weighted by Crippen LogP contribution is -2.48. The van der Waals surface area contributed by atoms with Crippen LogP contribution in [-0.4, -0.2) is 36.1 Å². The molecule has 1 heterocycles. The molecule has 1 aliphatic heterocycles. The first-order valence-electron chi connectivity index (χ1n) is 7.96. The maximum absolute atomic E-state index is 5.68. The van der Waals surface area contributed by atoms with Crippen LogP contribution in [0.5, 0.6) is 0 Å². The molecule has 0 unspecified atom stereocenters. The van der Waals surface area contributed by atoms with Crippen molar-refractivity contribution in [1.29, 1.82) is 0 Å². The smallest absolute Gasteiger partial charge is 0.109 e. The molecule has 0 atom stereocenters. The minimum Gasteiger partial charge on any atom is -0.368 e. The molecular weight excluding hydrogens is 288 g/mol. The Bertz CT molecular complexity index is 614. The highest BCUT2D eigenvalue weighted by molar-refractivity contribution is 7.80. The van der Waals surface area contributed by atoms with E-state index in [1.165, 1.54) is 16.8 Å². The van der Waals surface area contributed by atoms with Crippen molar-refractivity contribution < 1.29 is 0 Å². The van der Waals surface area contributed by atoms with E-state index in [0.717, 1.165) is 37.6 Å². The van der Waals surface area contributed by atoms with Crippen molar-refractivity contribution in [2.75, 3.05) is 31.1 Å². The third-order valence-corrected chi connectivity index (χ3v) is 4.79. The second-order valence-corrected chi connectivity index (χ2v) is 6.05. The van der Waals surface area contributed by atoms with E-state index in [1.54, 1.807) is 0 Å². The number of benzene rings is 2. The van der Waals surface area contributed by atoms with Crippen LogP contribution in [-0.2, 0) is 6.42 Å². The Morgan fingerprint density at radius 3 is 2.14 bits per heavy atom. The van der Waals surface area contributed by atoms with Crippen molar-refractivity contribution in [2.24, 2.45) is 0 Å². The number of hydrogen-bond acceptors (Lipinski definition) is 2. The van der Waals surface area contributed by atoms with Gasteiger partial charge in [-0.15, -0.1) is 0 Å². The summed E-state index contributed by atoms with van der Waals surface area (Å²) in [5, 5.41) is 0. The normalized spacial score (nSPS) is 15.0. The van der Waals surface area contributed by atoms with Crippen molar-refractivity contribution in [3.05, 3.63) is 65.7 Å². The van der Waals surface area contributed by atoms with Crippen LogP contribution < -0.4 is 4.90 Å². The quantitative estimate of drug-likeness (QED) is 0.797. The van der Waals surface area contributed by atoms with E-state index in [4.69, 9.17) is 12.2 Å². The number of thiocarbonyl (C=S) groups is 1. The van der Waals surface area contributed by atoms with Gasteiger partial charge in [-0.2, -0.15) is 0 Å². The molecule has 0 radical (unpaired) electrons. The molecule has 2 aromatic carbocycles. The molecule has 3 rings (SSSR count). The zero-order chi connectivity index (χ0) is 15.4. The van der Waals surface area contributed by atoms with E-state index in [9.17, 15) is 0 Å². The summed E-state index contributed by atoms with van der Waals surface area (Å²) in [6.45, 7) is 6.21. The molecule has 3 heteroatoms. The SMILES string of the molecule is CCc1ccc(C(=S)N2CCN(c3ccccc3)CC2)cc1. The molecule has 0 saturated carbocycles. The van der Waals surface area contributed by atoms with Crippen molar-refractivity contribution in [3.8, 4) is 0 Å². The Morgan fingerprint density at radius 1 is 0.909 bits per heavy atom. The molecule has 0 aliphatic carbocycles. The highest BCUT2D eigenvalue weighted by Crippen LogP contribution is 2.17. The fourth-order valence-electron chi connectivity index (χ4n) is 2.87. The van der Waals surface area contributed by atoms with Crippen molar-refractivity contribution in [3.63, 3.8) is 0 Å². The lowest BCUT2D eigenvalue weighted by Gasteiger charge is -2.37. The van der Waals surface area contributed by atoms with E-state index in [2.05, 4.69) is 71.3 Å². The predicted octanol–water partition coefficient (Wildman–Crippen LogP) is 3.75. The van der Waals surface area contributed by atoms with Crippen molar-refractivity contribution in [2.45, 2.75) is 13.3 Å². The molecular formula is C19H22N2S. The van der Waals surface area contributed by atoms with E-state index < -0.39 is 0 Å². The number of aryl methyl sites for hydroxylation is 1. The maximum atomic E-state index is 5.68. The summed E-state index contributed by atoms with van der Waals surface area (Å²) in [7, 11) is 0. The largest absolute Gasteiger partial charge is 0.368 e. The molecule has 1 aliphatic rings. The van der Waals surface area contributed by atoms with Crippen molar-refractivity contribution in [1.82, 2.24) is 4.90 Å². The van der Waals surface area contributed by atoms with Crippen LogP contribution in [0.15, 0.2) is 54.6 Å². The van der Waals surface area contributed by atoms with Gasteiger partial charge in [-0.3, -0.25) is 0 Å². The molecule has 2 aromatic rings. The third kappa shape index (κ3) is 3.30. The molecule has 1 saturated heterocycles. The Hall–Kier alpha value is -1.87.